The van der Waals surface area contributed by atoms with E-state index in [0.717, 1.165) is 18.4 Å². The van der Waals surface area contributed by atoms with Crippen molar-refractivity contribution in [2.75, 3.05) is 0 Å². The SMILES string of the molecule is CCC/C=C/c1ccc(F)c(CC(C)=O)c1. The van der Waals surface area contributed by atoms with Crippen LogP contribution in [0, 0.1) is 5.82 Å². The van der Waals surface area contributed by atoms with Gasteiger partial charge in [-0.1, -0.05) is 31.6 Å². The first-order chi connectivity index (χ1) is 7.63. The maximum absolute atomic E-state index is 13.3. The Morgan fingerprint density at radius 3 is 2.81 bits per heavy atom. The molecule has 0 saturated carbocycles. The van der Waals surface area contributed by atoms with Gasteiger partial charge in [0.2, 0.25) is 0 Å². The second kappa shape index (κ2) is 6.21. The van der Waals surface area contributed by atoms with Crippen LogP contribution in [0.1, 0.15) is 37.8 Å². The molecule has 0 fully saturated rings. The fraction of sp³-hybridized carbons (Fsp3) is 0.357. The standard InChI is InChI=1S/C14H17FO/c1-3-4-5-6-12-7-8-14(15)13(10-12)9-11(2)16/h5-8,10H,3-4,9H2,1-2H3/b6-5+. The lowest BCUT2D eigenvalue weighted by Crippen LogP contribution is -1.99. The van der Waals surface area contributed by atoms with Gasteiger partial charge in [0.1, 0.15) is 11.6 Å². The molecule has 0 aliphatic heterocycles. The molecule has 0 bridgehead atoms. The van der Waals surface area contributed by atoms with Crippen molar-refractivity contribution in [2.24, 2.45) is 0 Å². The largest absolute Gasteiger partial charge is 0.300 e. The predicted octanol–water partition coefficient (Wildman–Crippen LogP) is 3.77. The normalized spacial score (nSPS) is 10.9. The molecular weight excluding hydrogens is 203 g/mol. The summed E-state index contributed by atoms with van der Waals surface area (Å²) in [7, 11) is 0. The molecule has 0 aliphatic carbocycles. The first kappa shape index (κ1) is 12.6. The third-order valence-electron chi connectivity index (χ3n) is 2.27. The third kappa shape index (κ3) is 3.97. The van der Waals surface area contributed by atoms with E-state index in [4.69, 9.17) is 0 Å². The zero-order chi connectivity index (χ0) is 12.0. The first-order valence-corrected chi connectivity index (χ1v) is 5.58. The highest BCUT2D eigenvalue weighted by atomic mass is 19.1. The summed E-state index contributed by atoms with van der Waals surface area (Å²) < 4.78 is 13.3. The number of unbranched alkanes of at least 4 members (excludes halogenated alkanes) is 1. The van der Waals surface area contributed by atoms with Gasteiger partial charge >= 0.3 is 0 Å². The molecule has 1 aromatic carbocycles. The van der Waals surface area contributed by atoms with Gasteiger partial charge in [-0.25, -0.2) is 4.39 Å². The monoisotopic (exact) mass is 220 g/mol. The fourth-order valence-corrected chi connectivity index (χ4v) is 1.49. The number of benzene rings is 1. The van der Waals surface area contributed by atoms with Gasteiger partial charge in [-0.2, -0.15) is 0 Å². The average molecular weight is 220 g/mol. The molecule has 0 atom stereocenters. The van der Waals surface area contributed by atoms with Crippen LogP contribution in [0.5, 0.6) is 0 Å². The molecule has 16 heavy (non-hydrogen) atoms. The van der Waals surface area contributed by atoms with Crippen LogP contribution in [-0.2, 0) is 11.2 Å². The van der Waals surface area contributed by atoms with Gasteiger partial charge in [0.15, 0.2) is 0 Å². The van der Waals surface area contributed by atoms with Gasteiger partial charge in [-0.3, -0.25) is 4.79 Å². The Morgan fingerprint density at radius 2 is 2.19 bits per heavy atom. The Kier molecular flexibility index (Phi) is 4.90. The quantitative estimate of drug-likeness (QED) is 0.738. The van der Waals surface area contributed by atoms with Crippen molar-refractivity contribution in [1.29, 1.82) is 0 Å². The zero-order valence-corrected chi connectivity index (χ0v) is 9.79. The molecule has 86 valence electrons. The molecule has 0 aliphatic rings. The molecule has 0 aromatic heterocycles. The van der Waals surface area contributed by atoms with E-state index in [2.05, 4.69) is 13.0 Å². The molecule has 0 N–H and O–H groups in total. The summed E-state index contributed by atoms with van der Waals surface area (Å²) in [6.45, 7) is 3.58. The Hall–Kier alpha value is -1.44. The van der Waals surface area contributed by atoms with Gasteiger partial charge < -0.3 is 0 Å². The van der Waals surface area contributed by atoms with Crippen LogP contribution < -0.4 is 0 Å². The molecule has 0 radical (unpaired) electrons. The smallest absolute Gasteiger partial charge is 0.134 e. The van der Waals surface area contributed by atoms with Crippen molar-refractivity contribution in [1.82, 2.24) is 0 Å². The van der Waals surface area contributed by atoms with Gasteiger partial charge in [0, 0.05) is 6.42 Å². The molecule has 0 amide bonds. The van der Waals surface area contributed by atoms with Crippen molar-refractivity contribution < 1.29 is 9.18 Å². The van der Waals surface area contributed by atoms with E-state index in [0.29, 0.717) is 5.56 Å². The van der Waals surface area contributed by atoms with Crippen molar-refractivity contribution in [2.45, 2.75) is 33.1 Å². The van der Waals surface area contributed by atoms with E-state index < -0.39 is 0 Å². The molecule has 0 heterocycles. The van der Waals surface area contributed by atoms with E-state index >= 15 is 0 Å². The van der Waals surface area contributed by atoms with Crippen LogP contribution in [-0.4, -0.2) is 5.78 Å². The lowest BCUT2D eigenvalue weighted by molar-refractivity contribution is -0.116. The number of hydrogen-bond donors (Lipinski definition) is 0. The van der Waals surface area contributed by atoms with Crippen LogP contribution in [0.25, 0.3) is 6.08 Å². The zero-order valence-electron chi connectivity index (χ0n) is 9.79. The van der Waals surface area contributed by atoms with Crippen LogP contribution >= 0.6 is 0 Å². The lowest BCUT2D eigenvalue weighted by Gasteiger charge is -2.02. The Labute approximate surface area is 96.0 Å². The highest BCUT2D eigenvalue weighted by molar-refractivity contribution is 5.78. The second-order valence-electron chi connectivity index (χ2n) is 3.92. The van der Waals surface area contributed by atoms with E-state index in [1.54, 1.807) is 12.1 Å². The van der Waals surface area contributed by atoms with E-state index in [9.17, 15) is 9.18 Å². The summed E-state index contributed by atoms with van der Waals surface area (Å²) in [6.07, 6.45) is 6.30. The van der Waals surface area contributed by atoms with Gasteiger partial charge in [-0.05, 0) is 36.6 Å². The molecule has 0 saturated heterocycles. The summed E-state index contributed by atoms with van der Waals surface area (Å²) in [4.78, 5) is 11.0. The van der Waals surface area contributed by atoms with Crippen LogP contribution in [0.3, 0.4) is 0 Å². The van der Waals surface area contributed by atoms with Crippen molar-refractivity contribution >= 4 is 11.9 Å². The minimum Gasteiger partial charge on any atom is -0.300 e. The Balaban J connectivity index is 2.84. The number of rotatable bonds is 5. The summed E-state index contributed by atoms with van der Waals surface area (Å²) in [5.74, 6) is -0.323. The van der Waals surface area contributed by atoms with Crippen molar-refractivity contribution in [3.05, 3.63) is 41.2 Å². The van der Waals surface area contributed by atoms with Crippen molar-refractivity contribution in [3.63, 3.8) is 0 Å². The number of hydrogen-bond acceptors (Lipinski definition) is 1. The minimum atomic E-state index is -0.303. The minimum absolute atomic E-state index is 0.0198. The Bertz CT molecular complexity index is 394. The molecule has 0 spiro atoms. The maximum atomic E-state index is 13.3. The molecular formula is C14H17FO. The summed E-state index contributed by atoms with van der Waals surface area (Å²) in [6, 6.07) is 4.89. The fourth-order valence-electron chi connectivity index (χ4n) is 1.49. The lowest BCUT2D eigenvalue weighted by atomic mass is 10.0. The molecule has 0 unspecified atom stereocenters. The number of Topliss-reactive ketones (excluding diaryl/α,β-unsaturated/α-hetero) is 1. The topological polar surface area (TPSA) is 17.1 Å². The van der Waals surface area contributed by atoms with E-state index in [-0.39, 0.29) is 18.0 Å². The number of carbonyl (C=O) groups is 1. The molecule has 1 rings (SSSR count). The highest BCUT2D eigenvalue weighted by Gasteiger charge is 2.04. The molecule has 1 nitrogen and oxygen atoms in total. The molecule has 2 heteroatoms. The average Bonchev–Trinajstić information content (AvgIpc) is 2.22. The summed E-state index contributed by atoms with van der Waals surface area (Å²) in [5.41, 5.74) is 1.43. The number of ketones is 1. The number of halogens is 1. The molecule has 1 aromatic rings. The predicted molar refractivity (Wildman–Crippen MR) is 64.7 cm³/mol. The number of allylic oxidation sites excluding steroid dienone is 1. The van der Waals surface area contributed by atoms with E-state index in [1.807, 2.05) is 6.08 Å². The van der Waals surface area contributed by atoms with Gasteiger partial charge in [0.05, 0.1) is 0 Å². The van der Waals surface area contributed by atoms with Crippen LogP contribution in [0.15, 0.2) is 24.3 Å². The second-order valence-corrected chi connectivity index (χ2v) is 3.92. The van der Waals surface area contributed by atoms with Gasteiger partial charge in [0.25, 0.3) is 0 Å². The van der Waals surface area contributed by atoms with Gasteiger partial charge in [-0.15, -0.1) is 0 Å². The first-order valence-electron chi connectivity index (χ1n) is 5.58. The van der Waals surface area contributed by atoms with E-state index in [1.165, 1.54) is 13.0 Å². The van der Waals surface area contributed by atoms with Crippen LogP contribution in [0.4, 0.5) is 4.39 Å². The number of carbonyl (C=O) groups excluding carboxylic acids is 1. The summed E-state index contributed by atoms with van der Waals surface area (Å²) in [5, 5.41) is 0. The highest BCUT2D eigenvalue weighted by Crippen LogP contribution is 2.13. The Morgan fingerprint density at radius 1 is 1.44 bits per heavy atom. The van der Waals surface area contributed by atoms with Crippen molar-refractivity contribution in [3.8, 4) is 0 Å². The summed E-state index contributed by atoms with van der Waals surface area (Å²) >= 11 is 0. The maximum Gasteiger partial charge on any atom is 0.134 e. The third-order valence-corrected chi connectivity index (χ3v) is 2.27. The van der Waals surface area contributed by atoms with Crippen LogP contribution in [0.2, 0.25) is 0 Å².